The van der Waals surface area contributed by atoms with Gasteiger partial charge in [-0.2, -0.15) is 0 Å². The van der Waals surface area contributed by atoms with Gasteiger partial charge in [-0.05, 0) is 24.3 Å². The molecule has 5 atom stereocenters. The van der Waals surface area contributed by atoms with Crippen molar-refractivity contribution in [1.82, 2.24) is 23.9 Å². The van der Waals surface area contributed by atoms with E-state index >= 15 is 0 Å². The Morgan fingerprint density at radius 2 is 2.11 bits per heavy atom. The molecule has 0 saturated carbocycles. The third-order valence-corrected chi connectivity index (χ3v) is 7.81. The Hall–Kier alpha value is -3.26. The highest BCUT2D eigenvalue weighted by atomic mass is 35.5. The van der Waals surface area contributed by atoms with Crippen molar-refractivity contribution in [3.05, 3.63) is 64.7 Å². The lowest BCUT2D eigenvalue weighted by atomic mass is 10.0. The largest absolute Gasteiger partial charge is 0.490 e. The number of nitrogens with one attached hydrogen (secondary N) is 1. The number of hydrogen-bond donors (Lipinski definition) is 4. The number of H-pyrrole nitrogens is 1. The van der Waals surface area contributed by atoms with Gasteiger partial charge in [0.05, 0.1) is 12.7 Å². The van der Waals surface area contributed by atoms with Crippen LogP contribution in [0.25, 0.3) is 11.2 Å². The van der Waals surface area contributed by atoms with Crippen LogP contribution in [0.1, 0.15) is 13.2 Å². The molecule has 3 aromatic heterocycles. The Balaban J connectivity index is 1.37. The summed E-state index contributed by atoms with van der Waals surface area (Å²) in [5, 5.41) is 11.4. The Bertz CT molecular complexity index is 1530. The minimum atomic E-state index is -4.22. The number of imidazole rings is 2. The van der Waals surface area contributed by atoms with Gasteiger partial charge in [0, 0.05) is 23.3 Å². The summed E-state index contributed by atoms with van der Waals surface area (Å²) in [6.07, 6.45) is 2.69. The fraction of sp³-hybridized carbons (Fsp3) is 0.364. The number of aromatic nitrogens is 6. The molecule has 0 amide bonds. The number of aliphatic hydroxyl groups excluding tert-OH is 1. The van der Waals surface area contributed by atoms with Crippen molar-refractivity contribution in [1.29, 1.82) is 0 Å². The molecule has 5 N–H and O–H groups in total. The van der Waals surface area contributed by atoms with E-state index in [1.165, 1.54) is 12.4 Å². The molecule has 38 heavy (non-hydrogen) atoms. The number of halogens is 1. The third-order valence-electron chi connectivity index (χ3n) is 6.25. The van der Waals surface area contributed by atoms with Gasteiger partial charge < -0.3 is 25.2 Å². The lowest BCUT2D eigenvalue weighted by molar-refractivity contribution is -0.745. The summed E-state index contributed by atoms with van der Waals surface area (Å²) in [5.74, 6) is 0.0382. The minimum absolute atomic E-state index is 0.0842. The van der Waals surface area contributed by atoms with E-state index in [4.69, 9.17) is 31.3 Å². The van der Waals surface area contributed by atoms with E-state index in [1.54, 1.807) is 46.7 Å². The molecule has 14 nitrogen and oxygen atoms in total. The van der Waals surface area contributed by atoms with Crippen molar-refractivity contribution in [3.63, 3.8) is 0 Å². The van der Waals surface area contributed by atoms with Gasteiger partial charge in [0.1, 0.15) is 31.3 Å². The standard InChI is InChI=1S/C22H25ClN7O7P/c1-13-18(31)16(10-36-38(33,34)29-7-6-25-11-29)37-21(13)30-12-28(17-19(30)26-22(24)27-20(17)32)8-9-35-15-4-2-14(23)3-5-15/h2-7,11-13,16,18,21,31H,8-10H2,1H3,(H3-,24,26,27,32,33,34)/p+1/t13-,16-,18+,21-/m1/s1. The summed E-state index contributed by atoms with van der Waals surface area (Å²) >= 11 is 5.91. The topological polar surface area (TPSA) is 184 Å². The number of nitrogens with zero attached hydrogens (tertiary/aromatic N) is 5. The SMILES string of the molecule is C[C@@H]1[C@H](O)[C@@H](COP(=O)(O)n2ccnc2)O[C@H]1[n+]1cn(CCOc2ccc(Cl)cc2)c2c(=O)[nH]c(N)nc21. The normalized spacial score (nSPS) is 23.1. The summed E-state index contributed by atoms with van der Waals surface area (Å²) in [6.45, 7) is 1.91. The molecule has 0 radical (unpaired) electrons. The molecular formula is C22H26ClN7O7P+. The molecule has 5 rings (SSSR count). The first-order valence-corrected chi connectivity index (χ1v) is 13.5. The molecule has 1 unspecified atom stereocenters. The van der Waals surface area contributed by atoms with Gasteiger partial charge in [0.25, 0.3) is 11.5 Å². The summed E-state index contributed by atoms with van der Waals surface area (Å²) in [4.78, 5) is 33.5. The highest BCUT2D eigenvalue weighted by Crippen LogP contribution is 2.44. The monoisotopic (exact) mass is 566 g/mol. The van der Waals surface area contributed by atoms with Crippen molar-refractivity contribution < 1.29 is 33.1 Å². The van der Waals surface area contributed by atoms with E-state index < -0.39 is 37.7 Å². The van der Waals surface area contributed by atoms with Crippen LogP contribution in [-0.4, -0.2) is 59.3 Å². The highest BCUT2D eigenvalue weighted by Gasteiger charge is 2.46. The van der Waals surface area contributed by atoms with Crippen LogP contribution < -0.4 is 20.6 Å². The minimum Gasteiger partial charge on any atom is -0.490 e. The molecule has 1 aliphatic rings. The lowest BCUT2D eigenvalue weighted by Gasteiger charge is -2.17. The average molecular weight is 567 g/mol. The van der Waals surface area contributed by atoms with Crippen LogP contribution in [0.4, 0.5) is 5.95 Å². The predicted octanol–water partition coefficient (Wildman–Crippen LogP) is 1.08. The van der Waals surface area contributed by atoms with E-state index in [0.29, 0.717) is 10.8 Å². The molecule has 202 valence electrons. The summed E-state index contributed by atoms with van der Waals surface area (Å²) < 4.78 is 33.7. The van der Waals surface area contributed by atoms with Gasteiger partial charge in [-0.25, -0.2) is 18.5 Å². The number of anilines is 1. The van der Waals surface area contributed by atoms with Crippen molar-refractivity contribution in [3.8, 4) is 5.75 Å². The van der Waals surface area contributed by atoms with Gasteiger partial charge in [-0.1, -0.05) is 23.5 Å². The molecule has 1 fully saturated rings. The summed E-state index contributed by atoms with van der Waals surface area (Å²) in [5.41, 5.74) is 5.85. The van der Waals surface area contributed by atoms with Crippen LogP contribution in [0.3, 0.4) is 0 Å². The van der Waals surface area contributed by atoms with Crippen molar-refractivity contribution in [2.24, 2.45) is 5.92 Å². The number of aliphatic hydroxyl groups is 1. The van der Waals surface area contributed by atoms with Crippen LogP contribution in [0.15, 0.2) is 54.1 Å². The first-order chi connectivity index (χ1) is 18.1. The number of fused-ring (bicyclic) bond motifs is 1. The van der Waals surface area contributed by atoms with Crippen LogP contribution in [-0.2, 0) is 20.4 Å². The zero-order chi connectivity index (χ0) is 27.0. The second-order valence-electron chi connectivity index (χ2n) is 8.79. The van der Waals surface area contributed by atoms with E-state index in [-0.39, 0.29) is 36.9 Å². The Morgan fingerprint density at radius 1 is 1.34 bits per heavy atom. The molecule has 0 spiro atoms. The molecule has 4 heterocycles. The number of hydrogen-bond acceptors (Lipinski definition) is 9. The van der Waals surface area contributed by atoms with E-state index in [2.05, 4.69) is 15.0 Å². The number of rotatable bonds is 9. The second kappa shape index (κ2) is 10.5. The Labute approximate surface area is 220 Å². The predicted molar refractivity (Wildman–Crippen MR) is 134 cm³/mol. The summed E-state index contributed by atoms with van der Waals surface area (Å²) in [7, 11) is -4.22. The number of benzene rings is 1. The molecular weight excluding hydrogens is 541 g/mol. The zero-order valence-electron chi connectivity index (χ0n) is 20.1. The molecule has 16 heteroatoms. The van der Waals surface area contributed by atoms with Crippen molar-refractivity contribution in [2.45, 2.75) is 31.9 Å². The molecule has 0 bridgehead atoms. The molecule has 1 aromatic carbocycles. The molecule has 4 aromatic rings. The molecule has 0 aliphatic carbocycles. The van der Waals surface area contributed by atoms with Crippen LogP contribution in [0.5, 0.6) is 5.75 Å². The fourth-order valence-electron chi connectivity index (χ4n) is 4.31. The van der Waals surface area contributed by atoms with Gasteiger partial charge in [-0.3, -0.25) is 18.9 Å². The number of nitrogen functional groups attached to an aromatic ring is 1. The van der Waals surface area contributed by atoms with Gasteiger partial charge >= 0.3 is 13.4 Å². The quantitative estimate of drug-likeness (QED) is 0.169. The smallest absolute Gasteiger partial charge is 0.437 e. The van der Waals surface area contributed by atoms with Crippen molar-refractivity contribution >= 4 is 36.5 Å². The lowest BCUT2D eigenvalue weighted by Crippen LogP contribution is -2.43. The number of ether oxygens (including phenoxy) is 2. The van der Waals surface area contributed by atoms with Gasteiger partial charge in [-0.15, -0.1) is 0 Å². The summed E-state index contributed by atoms with van der Waals surface area (Å²) in [6, 6.07) is 6.90. The Kier molecular flexibility index (Phi) is 7.27. The van der Waals surface area contributed by atoms with Crippen molar-refractivity contribution in [2.75, 3.05) is 18.9 Å². The maximum atomic E-state index is 12.8. The van der Waals surface area contributed by atoms with E-state index in [0.717, 1.165) is 10.7 Å². The first-order valence-electron chi connectivity index (χ1n) is 11.6. The molecule has 1 aliphatic heterocycles. The fourth-order valence-corrected chi connectivity index (χ4v) is 5.33. The maximum absolute atomic E-state index is 12.8. The van der Waals surface area contributed by atoms with Gasteiger partial charge in [0.2, 0.25) is 5.52 Å². The number of nitrogens with two attached hydrogens (primary N) is 1. The average Bonchev–Trinajstić information content (AvgIpc) is 3.60. The van der Waals surface area contributed by atoms with Crippen LogP contribution >= 0.6 is 19.3 Å². The van der Waals surface area contributed by atoms with E-state index in [9.17, 15) is 19.4 Å². The third kappa shape index (κ3) is 5.19. The highest BCUT2D eigenvalue weighted by molar-refractivity contribution is 7.51. The zero-order valence-corrected chi connectivity index (χ0v) is 21.8. The maximum Gasteiger partial charge on any atom is 0.437 e. The number of aromatic amines is 1. The first kappa shape index (κ1) is 26.4. The Morgan fingerprint density at radius 3 is 2.82 bits per heavy atom. The molecule has 1 saturated heterocycles. The second-order valence-corrected chi connectivity index (χ2v) is 10.9. The van der Waals surface area contributed by atoms with E-state index in [1.807, 2.05) is 0 Å². The van der Waals surface area contributed by atoms with Crippen LogP contribution in [0.2, 0.25) is 5.02 Å². The van der Waals surface area contributed by atoms with Crippen LogP contribution in [0, 0.1) is 5.92 Å². The van der Waals surface area contributed by atoms with Gasteiger partial charge in [0.15, 0.2) is 12.6 Å².